The van der Waals surface area contributed by atoms with E-state index in [1.165, 1.54) is 70.6 Å². The van der Waals surface area contributed by atoms with Gasteiger partial charge in [0.15, 0.2) is 6.10 Å². The number of carbonyl (C=O) groups is 3. The van der Waals surface area contributed by atoms with E-state index in [2.05, 4.69) is 106 Å². The van der Waals surface area contributed by atoms with Gasteiger partial charge in [0.1, 0.15) is 12.7 Å². The highest BCUT2D eigenvalue weighted by Crippen LogP contribution is 2.43. The molecule has 0 heterocycles. The van der Waals surface area contributed by atoms with Gasteiger partial charge in [-0.15, -0.1) is 0 Å². The first kappa shape index (κ1) is 68.4. The summed E-state index contributed by atoms with van der Waals surface area (Å²) in [5.41, 5.74) is 0. The molecule has 0 amide bonds. The molecule has 0 saturated carbocycles. The molecule has 0 aromatic carbocycles. The van der Waals surface area contributed by atoms with Gasteiger partial charge >= 0.3 is 25.7 Å². The normalized spacial score (nSPS) is 14.1. The molecule has 11 nitrogen and oxygen atoms in total. The molecule has 72 heavy (non-hydrogen) atoms. The van der Waals surface area contributed by atoms with Crippen molar-refractivity contribution in [2.75, 3.05) is 26.4 Å². The van der Waals surface area contributed by atoms with Crippen molar-refractivity contribution in [3.8, 4) is 0 Å². The Morgan fingerprint density at radius 3 is 1.19 bits per heavy atom. The van der Waals surface area contributed by atoms with E-state index in [1.54, 1.807) is 0 Å². The molecule has 0 aliphatic heterocycles. The third-order valence-electron chi connectivity index (χ3n) is 11.5. The fourth-order valence-electron chi connectivity index (χ4n) is 7.23. The van der Waals surface area contributed by atoms with Crippen LogP contribution in [0.1, 0.15) is 226 Å². The van der Waals surface area contributed by atoms with E-state index in [9.17, 15) is 28.9 Å². The number of aliphatic hydroxyl groups excluding tert-OH is 1. The van der Waals surface area contributed by atoms with Crippen LogP contribution in [-0.2, 0) is 42.2 Å². The molecule has 0 aliphatic carbocycles. The van der Waals surface area contributed by atoms with Crippen LogP contribution in [-0.4, -0.2) is 66.5 Å². The molecule has 0 saturated heterocycles. The Kier molecular flexibility index (Phi) is 51.0. The van der Waals surface area contributed by atoms with Crippen LogP contribution in [0.4, 0.5) is 0 Å². The van der Waals surface area contributed by atoms with Gasteiger partial charge in [0, 0.05) is 19.3 Å². The molecule has 3 unspecified atom stereocenters. The molecular formula is C60H101O11P. The molecule has 12 heteroatoms. The van der Waals surface area contributed by atoms with E-state index in [-0.39, 0.29) is 25.9 Å². The summed E-state index contributed by atoms with van der Waals surface area (Å²) in [5.74, 6) is -1.58. The lowest BCUT2D eigenvalue weighted by Gasteiger charge is -2.21. The molecule has 2 N–H and O–H groups in total. The van der Waals surface area contributed by atoms with Crippen LogP contribution in [0.2, 0.25) is 0 Å². The van der Waals surface area contributed by atoms with Crippen molar-refractivity contribution in [1.82, 2.24) is 0 Å². The second kappa shape index (κ2) is 53.7. The Labute approximate surface area is 438 Å². The minimum atomic E-state index is -4.76. The number of hydrogen-bond donors (Lipinski definition) is 2. The highest BCUT2D eigenvalue weighted by atomic mass is 31.2. The van der Waals surface area contributed by atoms with Crippen molar-refractivity contribution in [3.63, 3.8) is 0 Å². The van der Waals surface area contributed by atoms with Crippen LogP contribution < -0.4 is 0 Å². The van der Waals surface area contributed by atoms with Gasteiger partial charge in [0.25, 0.3) is 0 Å². The summed E-state index contributed by atoms with van der Waals surface area (Å²) in [4.78, 5) is 48.4. The Morgan fingerprint density at radius 1 is 0.403 bits per heavy atom. The number of hydrogen-bond acceptors (Lipinski definition) is 10. The number of carbonyl (C=O) groups excluding carboxylic acids is 3. The minimum absolute atomic E-state index is 0.0965. The molecule has 0 rings (SSSR count). The average Bonchev–Trinajstić information content (AvgIpc) is 3.37. The maximum atomic E-state index is 12.9. The molecule has 0 spiro atoms. The first-order valence-corrected chi connectivity index (χ1v) is 29.6. The number of ether oxygens (including phenoxy) is 3. The van der Waals surface area contributed by atoms with Crippen LogP contribution in [0.5, 0.6) is 0 Å². The van der Waals surface area contributed by atoms with E-state index in [1.807, 2.05) is 12.2 Å². The van der Waals surface area contributed by atoms with Crippen molar-refractivity contribution >= 4 is 25.7 Å². The number of phosphoric acid groups is 1. The Bertz CT molecular complexity index is 1580. The summed E-state index contributed by atoms with van der Waals surface area (Å²) < 4.78 is 39.3. The number of phosphoric ester groups is 1. The van der Waals surface area contributed by atoms with Gasteiger partial charge in [-0.2, -0.15) is 0 Å². The van der Waals surface area contributed by atoms with E-state index in [4.69, 9.17) is 23.3 Å². The van der Waals surface area contributed by atoms with Gasteiger partial charge in [0.2, 0.25) is 0 Å². The molecule has 0 aromatic heterocycles. The molecular weight excluding hydrogens is 928 g/mol. The highest BCUT2D eigenvalue weighted by Gasteiger charge is 2.28. The minimum Gasteiger partial charge on any atom is -0.462 e. The fourth-order valence-corrected chi connectivity index (χ4v) is 8.02. The lowest BCUT2D eigenvalue weighted by Crippen LogP contribution is -2.30. The van der Waals surface area contributed by atoms with Crippen LogP contribution in [0.3, 0.4) is 0 Å². The van der Waals surface area contributed by atoms with Crippen molar-refractivity contribution < 1.29 is 52.2 Å². The third kappa shape index (κ3) is 51.3. The van der Waals surface area contributed by atoms with Gasteiger partial charge in [-0.3, -0.25) is 23.4 Å². The predicted octanol–water partition coefficient (Wildman–Crippen LogP) is 16.5. The molecule has 0 aromatic rings. The van der Waals surface area contributed by atoms with E-state index in [0.29, 0.717) is 19.3 Å². The molecule has 3 atom stereocenters. The van der Waals surface area contributed by atoms with Gasteiger partial charge in [-0.05, 0) is 89.9 Å². The average molecular weight is 1030 g/mol. The summed E-state index contributed by atoms with van der Waals surface area (Å²) in [6.45, 7) is 4.38. The number of allylic oxidation sites excluding steroid dienone is 16. The van der Waals surface area contributed by atoms with Gasteiger partial charge < -0.3 is 24.2 Å². The Morgan fingerprint density at radius 2 is 0.750 bits per heavy atom. The van der Waals surface area contributed by atoms with E-state index >= 15 is 0 Å². The molecule has 0 bridgehead atoms. The smallest absolute Gasteiger partial charge is 0.462 e. The maximum absolute atomic E-state index is 12.9. The van der Waals surface area contributed by atoms with E-state index in [0.717, 1.165) is 96.3 Å². The zero-order valence-electron chi connectivity index (χ0n) is 45.4. The third-order valence-corrected chi connectivity index (χ3v) is 12.5. The Hall–Kier alpha value is -3.60. The largest absolute Gasteiger partial charge is 0.472 e. The van der Waals surface area contributed by atoms with Gasteiger partial charge in [-0.25, -0.2) is 4.57 Å². The SMILES string of the molecule is CC/C=C\C/C=C\C/C=C\C/C=C\C/C=C\C/C=C\CCC(=O)OCC(COP(=O)(O)OCC(CO)OC(=O)CCCCCCCCCCC)OC(=O)CCCCCCCCC/C=C\C/C=C\CCCCC. The van der Waals surface area contributed by atoms with Crippen molar-refractivity contribution in [3.05, 3.63) is 97.2 Å². The summed E-state index contributed by atoms with van der Waals surface area (Å²) in [5, 5.41) is 9.77. The number of aliphatic hydroxyl groups is 1. The lowest BCUT2D eigenvalue weighted by atomic mass is 10.1. The zero-order valence-corrected chi connectivity index (χ0v) is 46.3. The standard InChI is InChI=1S/C60H101O11P/c1-4-7-10-13-16-19-21-23-25-27-28-30-31-33-35-38-40-43-46-49-58(62)67-53-57(71-60(64)51-48-45-42-39-36-34-32-29-26-24-22-20-17-14-11-8-5-2)55-69-72(65,66)68-54-56(52-61)70-59(63)50-47-44-41-37-18-15-12-9-6-3/h7,10,16-17,19-20,23-26,28,30,33,35,40,43,56-57,61H,4-6,8-9,11-15,18,21-22,27,29,31-32,34,36-39,41-42,44-55H2,1-3H3,(H,65,66)/b10-7-,19-16-,20-17-,25-23-,26-24-,30-28-,35-33-,43-40-. The number of rotatable bonds is 51. The predicted molar refractivity (Wildman–Crippen MR) is 297 cm³/mol. The number of esters is 3. The van der Waals surface area contributed by atoms with Gasteiger partial charge in [0.05, 0.1) is 19.8 Å². The first-order valence-electron chi connectivity index (χ1n) is 28.1. The second-order valence-electron chi connectivity index (χ2n) is 18.4. The fraction of sp³-hybridized carbons (Fsp3) is 0.683. The summed E-state index contributed by atoms with van der Waals surface area (Å²) in [6.07, 6.45) is 62.5. The van der Waals surface area contributed by atoms with Crippen molar-refractivity contribution in [1.29, 1.82) is 0 Å². The van der Waals surface area contributed by atoms with Crippen LogP contribution in [0, 0.1) is 0 Å². The summed E-state index contributed by atoms with van der Waals surface area (Å²) >= 11 is 0. The molecule has 412 valence electrons. The lowest BCUT2D eigenvalue weighted by molar-refractivity contribution is -0.161. The van der Waals surface area contributed by atoms with Crippen molar-refractivity contribution in [2.45, 2.75) is 238 Å². The van der Waals surface area contributed by atoms with Gasteiger partial charge in [-0.1, -0.05) is 214 Å². The van der Waals surface area contributed by atoms with Crippen LogP contribution in [0.15, 0.2) is 97.2 Å². The number of unbranched alkanes of at least 4 members (excludes halogenated alkanes) is 18. The zero-order chi connectivity index (χ0) is 52.7. The second-order valence-corrected chi connectivity index (χ2v) is 19.8. The molecule has 0 aliphatic rings. The summed E-state index contributed by atoms with van der Waals surface area (Å²) in [7, 11) is -4.76. The van der Waals surface area contributed by atoms with E-state index < -0.39 is 57.8 Å². The first-order chi connectivity index (χ1) is 35.2. The Balaban J connectivity index is 4.85. The molecule has 0 radical (unpaired) electrons. The quantitative estimate of drug-likeness (QED) is 0.0197. The highest BCUT2D eigenvalue weighted by molar-refractivity contribution is 7.47. The summed E-state index contributed by atoms with van der Waals surface area (Å²) in [6, 6.07) is 0. The topological polar surface area (TPSA) is 155 Å². The van der Waals surface area contributed by atoms with Crippen LogP contribution >= 0.6 is 7.82 Å². The monoisotopic (exact) mass is 1030 g/mol. The van der Waals surface area contributed by atoms with Crippen LogP contribution in [0.25, 0.3) is 0 Å². The molecule has 0 fully saturated rings. The van der Waals surface area contributed by atoms with Crippen molar-refractivity contribution in [2.24, 2.45) is 0 Å². The maximum Gasteiger partial charge on any atom is 0.472 e.